The first-order valence-electron chi connectivity index (χ1n) is 8.23. The fraction of sp³-hybridized carbons (Fsp3) is 0.611. The van der Waals surface area contributed by atoms with E-state index in [0.29, 0.717) is 13.0 Å². The highest BCUT2D eigenvalue weighted by atomic mass is 16.5. The van der Waals surface area contributed by atoms with Crippen LogP contribution in [0.25, 0.3) is 0 Å². The number of aliphatic hydroxyl groups excluding tert-OH is 1. The molecule has 128 valence electrons. The average molecular weight is 320 g/mol. The van der Waals surface area contributed by atoms with Crippen LogP contribution in [-0.2, 0) is 11.2 Å². The summed E-state index contributed by atoms with van der Waals surface area (Å²) in [6, 6.07) is 8.11. The van der Waals surface area contributed by atoms with Gasteiger partial charge in [0.05, 0.1) is 18.8 Å². The molecule has 0 aliphatic heterocycles. The number of aliphatic hydroxyl groups is 1. The van der Waals surface area contributed by atoms with E-state index in [9.17, 15) is 9.90 Å². The molecule has 2 amide bonds. The second-order valence-corrected chi connectivity index (χ2v) is 6.92. The number of aryl methyl sites for hydroxylation is 1. The van der Waals surface area contributed by atoms with Crippen LogP contribution < -0.4 is 10.6 Å². The molecule has 0 fully saturated rings. The minimum Gasteiger partial charge on any atom is -0.391 e. The van der Waals surface area contributed by atoms with Gasteiger partial charge in [-0.15, -0.1) is 0 Å². The SMILES string of the molecule is COC[C@@H](O)CCNC(=O)N[C@H]1c2ccccc2CCC1(C)C. The Hall–Kier alpha value is -1.59. The lowest BCUT2D eigenvalue weighted by Crippen LogP contribution is -2.45. The van der Waals surface area contributed by atoms with Gasteiger partial charge in [0, 0.05) is 13.7 Å². The number of nitrogens with one attached hydrogen (secondary N) is 2. The monoisotopic (exact) mass is 320 g/mol. The van der Waals surface area contributed by atoms with Crippen molar-refractivity contribution in [1.82, 2.24) is 10.6 Å². The molecule has 0 saturated heterocycles. The maximum absolute atomic E-state index is 12.2. The van der Waals surface area contributed by atoms with Crippen molar-refractivity contribution in [2.24, 2.45) is 5.41 Å². The Morgan fingerprint density at radius 3 is 2.91 bits per heavy atom. The Morgan fingerprint density at radius 2 is 2.17 bits per heavy atom. The number of hydrogen-bond acceptors (Lipinski definition) is 3. The first-order chi connectivity index (χ1) is 10.9. The highest BCUT2D eigenvalue weighted by Crippen LogP contribution is 2.43. The molecular formula is C18H28N2O3. The van der Waals surface area contributed by atoms with Gasteiger partial charge in [-0.3, -0.25) is 0 Å². The molecule has 5 heteroatoms. The molecule has 1 aromatic rings. The second kappa shape index (κ2) is 7.79. The molecule has 23 heavy (non-hydrogen) atoms. The first-order valence-corrected chi connectivity index (χ1v) is 8.23. The molecule has 3 N–H and O–H groups in total. The van der Waals surface area contributed by atoms with Crippen molar-refractivity contribution in [1.29, 1.82) is 0 Å². The fourth-order valence-corrected chi connectivity index (χ4v) is 3.15. The van der Waals surface area contributed by atoms with Crippen LogP contribution in [0, 0.1) is 5.41 Å². The lowest BCUT2D eigenvalue weighted by Gasteiger charge is -2.40. The van der Waals surface area contributed by atoms with Crippen molar-refractivity contribution in [3.05, 3.63) is 35.4 Å². The van der Waals surface area contributed by atoms with Crippen molar-refractivity contribution in [3.63, 3.8) is 0 Å². The fourth-order valence-electron chi connectivity index (χ4n) is 3.15. The molecule has 0 heterocycles. The molecule has 5 nitrogen and oxygen atoms in total. The van der Waals surface area contributed by atoms with E-state index in [2.05, 4.69) is 36.6 Å². The number of amides is 2. The lowest BCUT2D eigenvalue weighted by atomic mass is 9.70. The van der Waals surface area contributed by atoms with Crippen molar-refractivity contribution < 1.29 is 14.6 Å². The van der Waals surface area contributed by atoms with Gasteiger partial charge in [0.15, 0.2) is 0 Å². The first kappa shape index (κ1) is 17.8. The summed E-state index contributed by atoms with van der Waals surface area (Å²) >= 11 is 0. The minimum atomic E-state index is -0.549. The van der Waals surface area contributed by atoms with Gasteiger partial charge in [-0.1, -0.05) is 38.1 Å². The predicted molar refractivity (Wildman–Crippen MR) is 90.3 cm³/mol. The summed E-state index contributed by atoms with van der Waals surface area (Å²) in [4.78, 5) is 12.2. The van der Waals surface area contributed by atoms with Crippen molar-refractivity contribution in [3.8, 4) is 0 Å². The van der Waals surface area contributed by atoms with Crippen LogP contribution in [0.1, 0.15) is 43.9 Å². The zero-order valence-corrected chi connectivity index (χ0v) is 14.3. The van der Waals surface area contributed by atoms with E-state index >= 15 is 0 Å². The summed E-state index contributed by atoms with van der Waals surface area (Å²) in [7, 11) is 1.55. The third-order valence-electron chi connectivity index (χ3n) is 4.58. The molecule has 0 unspecified atom stereocenters. The van der Waals surface area contributed by atoms with Crippen molar-refractivity contribution in [2.45, 2.75) is 45.3 Å². The normalized spacial score (nSPS) is 20.4. The van der Waals surface area contributed by atoms with E-state index in [-0.39, 0.29) is 24.1 Å². The molecule has 0 bridgehead atoms. The summed E-state index contributed by atoms with van der Waals surface area (Å²) in [5.41, 5.74) is 2.53. The van der Waals surface area contributed by atoms with E-state index in [0.717, 1.165) is 12.8 Å². The largest absolute Gasteiger partial charge is 0.391 e. The number of carbonyl (C=O) groups excluding carboxylic acids is 1. The molecule has 0 saturated carbocycles. The molecule has 1 aliphatic carbocycles. The van der Waals surface area contributed by atoms with Gasteiger partial charge in [0.1, 0.15) is 0 Å². The highest BCUT2D eigenvalue weighted by Gasteiger charge is 2.36. The number of fused-ring (bicyclic) bond motifs is 1. The number of rotatable bonds is 6. The molecule has 2 atom stereocenters. The maximum atomic E-state index is 12.2. The third kappa shape index (κ3) is 4.69. The number of hydrogen-bond donors (Lipinski definition) is 3. The van der Waals surface area contributed by atoms with E-state index in [1.54, 1.807) is 7.11 Å². The van der Waals surface area contributed by atoms with Crippen LogP contribution in [0.2, 0.25) is 0 Å². The highest BCUT2D eigenvalue weighted by molar-refractivity contribution is 5.74. The number of carbonyl (C=O) groups is 1. The van der Waals surface area contributed by atoms with E-state index < -0.39 is 6.10 Å². The molecule has 2 rings (SSSR count). The van der Waals surface area contributed by atoms with E-state index in [4.69, 9.17) is 4.74 Å². The molecule has 0 spiro atoms. The van der Waals surface area contributed by atoms with Gasteiger partial charge in [0.2, 0.25) is 0 Å². The van der Waals surface area contributed by atoms with Crippen LogP contribution in [0.5, 0.6) is 0 Å². The van der Waals surface area contributed by atoms with E-state index in [1.807, 2.05) is 12.1 Å². The van der Waals surface area contributed by atoms with Crippen LogP contribution >= 0.6 is 0 Å². The van der Waals surface area contributed by atoms with Crippen molar-refractivity contribution >= 4 is 6.03 Å². The predicted octanol–water partition coefficient (Wildman–Crippen LogP) is 2.40. The molecule has 0 radical (unpaired) electrons. The topological polar surface area (TPSA) is 70.6 Å². The van der Waals surface area contributed by atoms with Crippen LogP contribution in [0.3, 0.4) is 0 Å². The third-order valence-corrected chi connectivity index (χ3v) is 4.58. The van der Waals surface area contributed by atoms with Gasteiger partial charge < -0.3 is 20.5 Å². The number of benzene rings is 1. The average Bonchev–Trinajstić information content (AvgIpc) is 2.50. The van der Waals surface area contributed by atoms with Crippen LogP contribution in [-0.4, -0.2) is 37.5 Å². The van der Waals surface area contributed by atoms with Crippen LogP contribution in [0.15, 0.2) is 24.3 Å². The standard InChI is InChI=1S/C18H28N2O3/c1-18(2)10-8-13-6-4-5-7-15(13)16(18)20-17(22)19-11-9-14(21)12-23-3/h4-7,14,16,21H,8-12H2,1-3H3,(H2,19,20,22)/t14-,16-/m0/s1. The summed E-state index contributed by atoms with van der Waals surface area (Å²) in [5.74, 6) is 0. The number of ether oxygens (including phenoxy) is 1. The van der Waals surface area contributed by atoms with Crippen molar-refractivity contribution in [2.75, 3.05) is 20.3 Å². The molecule has 0 aromatic heterocycles. The zero-order chi connectivity index (χ0) is 16.9. The minimum absolute atomic E-state index is 0.00338. The summed E-state index contributed by atoms with van der Waals surface area (Å²) in [6.07, 6.45) is 2.02. The van der Waals surface area contributed by atoms with Gasteiger partial charge in [0.25, 0.3) is 0 Å². The Morgan fingerprint density at radius 1 is 1.43 bits per heavy atom. The Kier molecular flexibility index (Phi) is 6.02. The number of methoxy groups -OCH3 is 1. The van der Waals surface area contributed by atoms with Gasteiger partial charge in [-0.05, 0) is 35.8 Å². The van der Waals surface area contributed by atoms with Gasteiger partial charge in [-0.25, -0.2) is 4.79 Å². The molecule has 1 aliphatic rings. The number of urea groups is 1. The van der Waals surface area contributed by atoms with E-state index in [1.165, 1.54) is 11.1 Å². The lowest BCUT2D eigenvalue weighted by molar-refractivity contribution is 0.0598. The van der Waals surface area contributed by atoms with Gasteiger partial charge >= 0.3 is 6.03 Å². The van der Waals surface area contributed by atoms with Crippen LogP contribution in [0.4, 0.5) is 4.79 Å². The maximum Gasteiger partial charge on any atom is 0.315 e. The molecular weight excluding hydrogens is 292 g/mol. The Balaban J connectivity index is 1.94. The zero-order valence-electron chi connectivity index (χ0n) is 14.3. The summed E-state index contributed by atoms with van der Waals surface area (Å²) < 4.78 is 4.87. The Bertz CT molecular complexity index is 531. The van der Waals surface area contributed by atoms with Gasteiger partial charge in [-0.2, -0.15) is 0 Å². The smallest absolute Gasteiger partial charge is 0.315 e. The Labute approximate surface area is 138 Å². The summed E-state index contributed by atoms with van der Waals surface area (Å²) in [5, 5.41) is 15.5. The quantitative estimate of drug-likeness (QED) is 0.754. The molecule has 1 aromatic carbocycles. The summed E-state index contributed by atoms with van der Waals surface area (Å²) in [6.45, 7) is 5.09. The second-order valence-electron chi connectivity index (χ2n) is 6.92.